The number of anilines is 2. The summed E-state index contributed by atoms with van der Waals surface area (Å²) in [6.45, 7) is 6.60. The normalized spacial score (nSPS) is 19.3. The second kappa shape index (κ2) is 5.38. The summed E-state index contributed by atoms with van der Waals surface area (Å²) in [6.07, 6.45) is -0.242. The first kappa shape index (κ1) is 12.2. The summed E-state index contributed by atoms with van der Waals surface area (Å²) < 4.78 is 0. The zero-order valence-corrected chi connectivity index (χ0v) is 10.3. The van der Waals surface area contributed by atoms with Crippen LogP contribution in [-0.4, -0.2) is 48.8 Å². The molecule has 94 valence electrons. The molecule has 1 atom stereocenters. The zero-order valence-electron chi connectivity index (χ0n) is 10.3. The van der Waals surface area contributed by atoms with Crippen LogP contribution in [0, 0.1) is 0 Å². The van der Waals surface area contributed by atoms with Crippen molar-refractivity contribution in [3.8, 4) is 0 Å². The third kappa shape index (κ3) is 3.35. The predicted octanol–water partition coefficient (Wildman–Crippen LogP) is 0.772. The van der Waals surface area contributed by atoms with E-state index in [1.54, 1.807) is 0 Å². The number of aliphatic hydroxyl groups is 1. The molecular weight excluding hydrogens is 214 g/mol. The average molecular weight is 235 g/mol. The van der Waals surface area contributed by atoms with Gasteiger partial charge in [-0.1, -0.05) is 6.07 Å². The van der Waals surface area contributed by atoms with Gasteiger partial charge in [0.1, 0.15) is 0 Å². The largest absolute Gasteiger partial charge is 0.399 e. The fraction of sp³-hybridized carbons (Fsp3) is 0.538. The molecule has 1 aliphatic rings. The molecule has 17 heavy (non-hydrogen) atoms. The fourth-order valence-electron chi connectivity index (χ4n) is 2.28. The number of rotatable bonds is 3. The lowest BCUT2D eigenvalue weighted by atomic mass is 10.2. The molecule has 0 aliphatic carbocycles. The lowest BCUT2D eigenvalue weighted by Gasteiger charge is -2.36. The van der Waals surface area contributed by atoms with Crippen LogP contribution in [0.1, 0.15) is 6.92 Å². The van der Waals surface area contributed by atoms with Crippen LogP contribution in [0.15, 0.2) is 24.3 Å². The van der Waals surface area contributed by atoms with E-state index >= 15 is 0 Å². The Bertz CT molecular complexity index is 359. The quantitative estimate of drug-likeness (QED) is 0.760. The van der Waals surface area contributed by atoms with Crippen molar-refractivity contribution in [3.05, 3.63) is 24.3 Å². The van der Waals surface area contributed by atoms with Crippen LogP contribution in [-0.2, 0) is 0 Å². The molecule has 4 heteroatoms. The number of nitrogens with zero attached hydrogens (tertiary/aromatic N) is 2. The monoisotopic (exact) mass is 235 g/mol. The first-order valence-corrected chi connectivity index (χ1v) is 6.16. The topological polar surface area (TPSA) is 52.7 Å². The molecule has 0 radical (unpaired) electrons. The molecule has 0 amide bonds. The van der Waals surface area contributed by atoms with Crippen LogP contribution in [0.25, 0.3) is 0 Å². The number of hydrogen-bond acceptors (Lipinski definition) is 4. The minimum Gasteiger partial charge on any atom is -0.399 e. The third-order valence-electron chi connectivity index (χ3n) is 3.13. The predicted molar refractivity (Wildman–Crippen MR) is 71.2 cm³/mol. The minimum atomic E-state index is -0.242. The van der Waals surface area contributed by atoms with E-state index in [2.05, 4.69) is 15.9 Å². The van der Waals surface area contributed by atoms with Crippen molar-refractivity contribution in [1.82, 2.24) is 4.90 Å². The molecule has 1 heterocycles. The number of β-amino-alcohol motifs (C(OH)–C–C–N with tert-alkyl or cyclic N) is 1. The first-order chi connectivity index (χ1) is 8.15. The van der Waals surface area contributed by atoms with E-state index in [0.29, 0.717) is 0 Å². The highest BCUT2D eigenvalue weighted by molar-refractivity contribution is 5.56. The molecule has 0 spiro atoms. The summed E-state index contributed by atoms with van der Waals surface area (Å²) in [7, 11) is 0. The summed E-state index contributed by atoms with van der Waals surface area (Å²) in [5.74, 6) is 0. The standard InChI is InChI=1S/C13H21N3O/c1-11(17)10-15-5-7-16(8-6-15)13-4-2-3-12(14)9-13/h2-4,9,11,17H,5-8,10,14H2,1H3/t11-/m0/s1. The molecule has 0 unspecified atom stereocenters. The van der Waals surface area contributed by atoms with Crippen molar-refractivity contribution < 1.29 is 5.11 Å². The number of piperazine rings is 1. The lowest BCUT2D eigenvalue weighted by molar-refractivity contribution is 0.123. The first-order valence-electron chi connectivity index (χ1n) is 6.16. The van der Waals surface area contributed by atoms with Crippen molar-refractivity contribution in [1.29, 1.82) is 0 Å². The molecule has 2 rings (SSSR count). The summed E-state index contributed by atoms with van der Waals surface area (Å²) in [5.41, 5.74) is 7.80. The van der Waals surface area contributed by atoms with Gasteiger partial charge in [0.05, 0.1) is 6.10 Å². The van der Waals surface area contributed by atoms with Gasteiger partial charge in [0.25, 0.3) is 0 Å². The van der Waals surface area contributed by atoms with Gasteiger partial charge in [-0.25, -0.2) is 0 Å². The Morgan fingerprint density at radius 2 is 2.00 bits per heavy atom. The maximum absolute atomic E-state index is 9.35. The number of nitrogen functional groups attached to an aromatic ring is 1. The Kier molecular flexibility index (Phi) is 3.86. The van der Waals surface area contributed by atoms with E-state index in [0.717, 1.165) is 38.4 Å². The summed E-state index contributed by atoms with van der Waals surface area (Å²) >= 11 is 0. The Morgan fingerprint density at radius 3 is 2.59 bits per heavy atom. The molecule has 1 aliphatic heterocycles. The van der Waals surface area contributed by atoms with Gasteiger partial charge >= 0.3 is 0 Å². The number of nitrogens with two attached hydrogens (primary N) is 1. The maximum atomic E-state index is 9.35. The lowest BCUT2D eigenvalue weighted by Crippen LogP contribution is -2.48. The Morgan fingerprint density at radius 1 is 1.29 bits per heavy atom. The number of hydrogen-bond donors (Lipinski definition) is 2. The Balaban J connectivity index is 1.91. The van der Waals surface area contributed by atoms with Crippen LogP contribution >= 0.6 is 0 Å². The van der Waals surface area contributed by atoms with E-state index < -0.39 is 0 Å². The van der Waals surface area contributed by atoms with Gasteiger partial charge in [0.15, 0.2) is 0 Å². The summed E-state index contributed by atoms with van der Waals surface area (Å²) in [6, 6.07) is 8.02. The molecule has 4 nitrogen and oxygen atoms in total. The molecule has 0 saturated carbocycles. The van der Waals surface area contributed by atoms with Crippen LogP contribution in [0.3, 0.4) is 0 Å². The van der Waals surface area contributed by atoms with Crippen molar-refractivity contribution in [2.45, 2.75) is 13.0 Å². The van der Waals surface area contributed by atoms with Crippen molar-refractivity contribution in [3.63, 3.8) is 0 Å². The van der Waals surface area contributed by atoms with Gasteiger partial charge in [-0.15, -0.1) is 0 Å². The van der Waals surface area contributed by atoms with Crippen molar-refractivity contribution in [2.24, 2.45) is 0 Å². The second-order valence-corrected chi connectivity index (χ2v) is 4.73. The van der Waals surface area contributed by atoms with Crippen molar-refractivity contribution >= 4 is 11.4 Å². The smallest absolute Gasteiger partial charge is 0.0639 e. The van der Waals surface area contributed by atoms with Crippen LogP contribution in [0.5, 0.6) is 0 Å². The Hall–Kier alpha value is -1.26. The molecule has 0 bridgehead atoms. The fourth-order valence-corrected chi connectivity index (χ4v) is 2.28. The van der Waals surface area contributed by atoms with Gasteiger partial charge < -0.3 is 15.7 Å². The highest BCUT2D eigenvalue weighted by Gasteiger charge is 2.17. The van der Waals surface area contributed by atoms with Crippen molar-refractivity contribution in [2.75, 3.05) is 43.4 Å². The Labute approximate surface area is 103 Å². The van der Waals surface area contributed by atoms with Crippen LogP contribution in [0.4, 0.5) is 11.4 Å². The third-order valence-corrected chi connectivity index (χ3v) is 3.13. The number of benzene rings is 1. The SMILES string of the molecule is C[C@H](O)CN1CCN(c2cccc(N)c2)CC1. The minimum absolute atomic E-state index is 0.242. The van der Waals surface area contributed by atoms with Crippen LogP contribution < -0.4 is 10.6 Å². The molecule has 1 aromatic rings. The van der Waals surface area contributed by atoms with Gasteiger partial charge in [-0.2, -0.15) is 0 Å². The van der Waals surface area contributed by atoms with Gasteiger partial charge in [0, 0.05) is 44.1 Å². The zero-order chi connectivity index (χ0) is 12.3. The van der Waals surface area contributed by atoms with Gasteiger partial charge in [0.2, 0.25) is 0 Å². The molecule has 1 aromatic carbocycles. The highest BCUT2D eigenvalue weighted by atomic mass is 16.3. The molecule has 3 N–H and O–H groups in total. The van der Waals surface area contributed by atoms with E-state index in [4.69, 9.17) is 5.73 Å². The van der Waals surface area contributed by atoms with E-state index in [9.17, 15) is 5.11 Å². The second-order valence-electron chi connectivity index (χ2n) is 4.73. The van der Waals surface area contributed by atoms with Crippen LogP contribution in [0.2, 0.25) is 0 Å². The molecular formula is C13H21N3O. The van der Waals surface area contributed by atoms with E-state index in [1.807, 2.05) is 25.1 Å². The number of aliphatic hydroxyl groups excluding tert-OH is 1. The summed E-state index contributed by atoms with van der Waals surface area (Å²) in [5, 5.41) is 9.35. The molecule has 1 saturated heterocycles. The maximum Gasteiger partial charge on any atom is 0.0639 e. The average Bonchev–Trinajstić information content (AvgIpc) is 2.29. The molecule has 0 aromatic heterocycles. The van der Waals surface area contributed by atoms with Gasteiger partial charge in [-0.3, -0.25) is 4.90 Å². The summed E-state index contributed by atoms with van der Waals surface area (Å²) in [4.78, 5) is 4.64. The molecule has 1 fully saturated rings. The van der Waals surface area contributed by atoms with E-state index in [-0.39, 0.29) is 6.10 Å². The van der Waals surface area contributed by atoms with Gasteiger partial charge in [-0.05, 0) is 25.1 Å². The highest BCUT2D eigenvalue weighted by Crippen LogP contribution is 2.19. The van der Waals surface area contributed by atoms with E-state index in [1.165, 1.54) is 5.69 Å².